The quantitative estimate of drug-likeness (QED) is 0.822. The molecular weight excluding hydrogens is 212 g/mol. The summed E-state index contributed by atoms with van der Waals surface area (Å²) in [4.78, 5) is 8.60. The summed E-state index contributed by atoms with van der Waals surface area (Å²) in [7, 11) is 1.91. The number of nitrogens with zero attached hydrogens (tertiary/aromatic N) is 2. The monoisotopic (exact) mass is 234 g/mol. The summed E-state index contributed by atoms with van der Waals surface area (Å²) in [5.41, 5.74) is 1.19. The Labute approximate surface area is 103 Å². The van der Waals surface area contributed by atoms with Gasteiger partial charge in [-0.1, -0.05) is 19.8 Å². The van der Waals surface area contributed by atoms with E-state index in [0.717, 1.165) is 30.5 Å². The molecule has 0 unspecified atom stereocenters. The molecule has 1 saturated carbocycles. The van der Waals surface area contributed by atoms with Gasteiger partial charge in [0.1, 0.15) is 18.0 Å². The molecule has 1 aliphatic rings. The first-order valence-corrected chi connectivity index (χ1v) is 6.60. The lowest BCUT2D eigenvalue weighted by atomic mass is 10.1. The van der Waals surface area contributed by atoms with Gasteiger partial charge in [-0.05, 0) is 25.2 Å². The van der Waals surface area contributed by atoms with E-state index in [4.69, 9.17) is 0 Å². The van der Waals surface area contributed by atoms with Crippen molar-refractivity contribution in [1.29, 1.82) is 0 Å². The molecule has 4 nitrogen and oxygen atoms in total. The van der Waals surface area contributed by atoms with Gasteiger partial charge in [-0.25, -0.2) is 9.97 Å². The maximum Gasteiger partial charge on any atom is 0.134 e. The summed E-state index contributed by atoms with van der Waals surface area (Å²) >= 11 is 0. The molecule has 4 heteroatoms. The largest absolute Gasteiger partial charge is 0.373 e. The lowest BCUT2D eigenvalue weighted by Crippen LogP contribution is -2.14. The number of hydrogen-bond donors (Lipinski definition) is 2. The number of anilines is 2. The summed E-state index contributed by atoms with van der Waals surface area (Å²) in [5.74, 6) is 2.77. The van der Waals surface area contributed by atoms with E-state index < -0.39 is 0 Å². The minimum Gasteiger partial charge on any atom is -0.373 e. The van der Waals surface area contributed by atoms with Crippen LogP contribution < -0.4 is 10.6 Å². The zero-order chi connectivity index (χ0) is 12.1. The molecule has 1 aliphatic carbocycles. The van der Waals surface area contributed by atoms with E-state index in [0.29, 0.717) is 0 Å². The topological polar surface area (TPSA) is 49.8 Å². The van der Waals surface area contributed by atoms with Crippen molar-refractivity contribution in [3.05, 3.63) is 11.9 Å². The van der Waals surface area contributed by atoms with Crippen molar-refractivity contribution >= 4 is 11.6 Å². The Kier molecular flexibility index (Phi) is 4.18. The average molecular weight is 234 g/mol. The van der Waals surface area contributed by atoms with E-state index in [9.17, 15) is 0 Å². The summed E-state index contributed by atoms with van der Waals surface area (Å²) in [6, 6.07) is 0. The van der Waals surface area contributed by atoms with Crippen molar-refractivity contribution in [2.75, 3.05) is 24.2 Å². The highest BCUT2D eigenvalue weighted by Gasteiger charge is 2.16. The van der Waals surface area contributed by atoms with Gasteiger partial charge in [0.15, 0.2) is 0 Å². The predicted molar refractivity (Wildman–Crippen MR) is 71.4 cm³/mol. The molecule has 0 aromatic carbocycles. The lowest BCUT2D eigenvalue weighted by molar-refractivity contribution is 0.578. The third kappa shape index (κ3) is 2.87. The third-order valence-corrected chi connectivity index (χ3v) is 3.57. The van der Waals surface area contributed by atoms with Crippen molar-refractivity contribution in [1.82, 2.24) is 9.97 Å². The van der Waals surface area contributed by atoms with E-state index in [1.165, 1.54) is 31.2 Å². The van der Waals surface area contributed by atoms with Crippen molar-refractivity contribution < 1.29 is 0 Å². The van der Waals surface area contributed by atoms with E-state index in [1.807, 2.05) is 7.05 Å². The Morgan fingerprint density at radius 1 is 1.24 bits per heavy atom. The maximum atomic E-state index is 4.36. The minimum atomic E-state index is 0.827. The van der Waals surface area contributed by atoms with Gasteiger partial charge in [0, 0.05) is 19.2 Å². The average Bonchev–Trinajstić information content (AvgIpc) is 2.88. The Morgan fingerprint density at radius 3 is 2.59 bits per heavy atom. The molecule has 0 amide bonds. The second-order valence-corrected chi connectivity index (χ2v) is 4.68. The first kappa shape index (κ1) is 12.1. The van der Waals surface area contributed by atoms with Gasteiger partial charge in [-0.2, -0.15) is 0 Å². The number of aromatic nitrogens is 2. The molecule has 0 atom stereocenters. The van der Waals surface area contributed by atoms with Crippen molar-refractivity contribution in [2.45, 2.75) is 39.0 Å². The molecule has 0 spiro atoms. The highest BCUT2D eigenvalue weighted by atomic mass is 15.1. The Balaban J connectivity index is 2.03. The van der Waals surface area contributed by atoms with Crippen LogP contribution in [-0.4, -0.2) is 23.6 Å². The fourth-order valence-corrected chi connectivity index (χ4v) is 2.57. The van der Waals surface area contributed by atoms with Crippen LogP contribution >= 0.6 is 0 Å². The zero-order valence-electron chi connectivity index (χ0n) is 10.8. The molecule has 1 aromatic rings. The van der Waals surface area contributed by atoms with Gasteiger partial charge >= 0.3 is 0 Å². The second kappa shape index (κ2) is 5.84. The summed E-state index contributed by atoms with van der Waals surface area (Å²) in [6.45, 7) is 3.19. The second-order valence-electron chi connectivity index (χ2n) is 4.68. The zero-order valence-corrected chi connectivity index (χ0v) is 10.8. The molecule has 1 fully saturated rings. The van der Waals surface area contributed by atoms with Crippen LogP contribution in [0, 0.1) is 5.92 Å². The van der Waals surface area contributed by atoms with E-state index in [-0.39, 0.29) is 0 Å². The molecule has 94 valence electrons. The van der Waals surface area contributed by atoms with Crippen molar-refractivity contribution in [3.63, 3.8) is 0 Å². The van der Waals surface area contributed by atoms with Gasteiger partial charge in [-0.15, -0.1) is 0 Å². The Bertz CT molecular complexity index is 358. The normalized spacial score (nSPS) is 16.1. The molecular formula is C13H22N4. The smallest absolute Gasteiger partial charge is 0.134 e. The molecule has 17 heavy (non-hydrogen) atoms. The van der Waals surface area contributed by atoms with E-state index in [2.05, 4.69) is 27.5 Å². The molecule has 0 radical (unpaired) electrons. The fourth-order valence-electron chi connectivity index (χ4n) is 2.57. The molecule has 0 bridgehead atoms. The summed E-state index contributed by atoms with van der Waals surface area (Å²) < 4.78 is 0. The van der Waals surface area contributed by atoms with Crippen molar-refractivity contribution in [3.8, 4) is 0 Å². The molecule has 1 heterocycles. The lowest BCUT2D eigenvalue weighted by Gasteiger charge is -2.15. The minimum absolute atomic E-state index is 0.827. The Hall–Kier alpha value is -1.32. The third-order valence-electron chi connectivity index (χ3n) is 3.57. The predicted octanol–water partition coefficient (Wildman–Crippen LogP) is 2.68. The van der Waals surface area contributed by atoms with E-state index in [1.54, 1.807) is 6.33 Å². The van der Waals surface area contributed by atoms with Crippen LogP contribution in [0.15, 0.2) is 6.33 Å². The van der Waals surface area contributed by atoms with Crippen molar-refractivity contribution in [2.24, 2.45) is 5.92 Å². The van der Waals surface area contributed by atoms with Gasteiger partial charge in [-0.3, -0.25) is 0 Å². The van der Waals surface area contributed by atoms with Crippen LogP contribution in [0.2, 0.25) is 0 Å². The standard InChI is InChI=1S/C13H22N4/c1-3-11-12(14-2)16-9-17-13(11)15-8-10-6-4-5-7-10/h9-10H,3-8H2,1-2H3,(H2,14,15,16,17). The Morgan fingerprint density at radius 2 is 1.94 bits per heavy atom. The highest BCUT2D eigenvalue weighted by Crippen LogP contribution is 2.26. The van der Waals surface area contributed by atoms with Gasteiger partial charge < -0.3 is 10.6 Å². The van der Waals surface area contributed by atoms with Crippen LogP contribution in [0.4, 0.5) is 11.6 Å². The SMILES string of the molecule is CCc1c(NC)ncnc1NCC1CCCC1. The molecule has 0 saturated heterocycles. The van der Waals surface area contributed by atoms with Crippen LogP contribution in [0.3, 0.4) is 0 Å². The van der Waals surface area contributed by atoms with Crippen LogP contribution in [0.5, 0.6) is 0 Å². The molecule has 2 N–H and O–H groups in total. The number of nitrogens with one attached hydrogen (secondary N) is 2. The first-order valence-electron chi connectivity index (χ1n) is 6.60. The summed E-state index contributed by atoms with van der Waals surface area (Å²) in [6.07, 6.45) is 8.07. The van der Waals surface area contributed by atoms with Gasteiger partial charge in [0.25, 0.3) is 0 Å². The maximum absolute atomic E-state index is 4.36. The van der Waals surface area contributed by atoms with Crippen LogP contribution in [-0.2, 0) is 6.42 Å². The molecule has 0 aliphatic heterocycles. The highest BCUT2D eigenvalue weighted by molar-refractivity contribution is 5.57. The van der Waals surface area contributed by atoms with E-state index >= 15 is 0 Å². The number of rotatable bonds is 5. The first-order chi connectivity index (χ1) is 8.35. The fraction of sp³-hybridized carbons (Fsp3) is 0.692. The molecule has 1 aromatic heterocycles. The van der Waals surface area contributed by atoms with Gasteiger partial charge in [0.05, 0.1) is 0 Å². The number of hydrogen-bond acceptors (Lipinski definition) is 4. The van der Waals surface area contributed by atoms with Crippen LogP contribution in [0.1, 0.15) is 38.2 Å². The van der Waals surface area contributed by atoms with Crippen LogP contribution in [0.25, 0.3) is 0 Å². The molecule has 2 rings (SSSR count). The van der Waals surface area contributed by atoms with Gasteiger partial charge in [0.2, 0.25) is 0 Å². The summed E-state index contributed by atoms with van der Waals surface area (Å²) in [5, 5.41) is 6.61.